The van der Waals surface area contributed by atoms with Crippen LogP contribution in [0.15, 0.2) is 39.3 Å². The van der Waals surface area contributed by atoms with Gasteiger partial charge in [-0.15, -0.1) is 0 Å². The number of fused-ring (bicyclic) bond motifs is 1. The Morgan fingerprint density at radius 1 is 1.05 bits per heavy atom. The third-order valence-electron chi connectivity index (χ3n) is 2.61. The molecule has 0 aliphatic carbocycles. The molecule has 0 spiro atoms. The largest absolute Gasteiger partial charge is 0.453 e. The van der Waals surface area contributed by atoms with Gasteiger partial charge in [0, 0.05) is 11.5 Å². The Bertz CT molecular complexity index is 743. The number of anilines is 1. The van der Waals surface area contributed by atoms with E-state index in [1.54, 1.807) is 0 Å². The van der Waals surface area contributed by atoms with Crippen LogP contribution in [0.2, 0.25) is 0 Å². The Morgan fingerprint density at radius 2 is 1.84 bits per heavy atom. The highest BCUT2D eigenvalue weighted by molar-refractivity contribution is 5.82. The molecule has 7 heteroatoms. The van der Waals surface area contributed by atoms with Crippen molar-refractivity contribution in [2.24, 2.45) is 0 Å². The summed E-state index contributed by atoms with van der Waals surface area (Å²) in [6.07, 6.45) is -4.39. The molecule has 0 saturated heterocycles. The minimum atomic E-state index is -4.39. The maximum atomic E-state index is 12.6. The van der Waals surface area contributed by atoms with Gasteiger partial charge in [-0.25, -0.2) is 0 Å². The monoisotopic (exact) mass is 268 g/mol. The molecule has 0 bridgehead atoms. The molecule has 2 heterocycles. The van der Waals surface area contributed by atoms with Gasteiger partial charge in [0.25, 0.3) is 0 Å². The van der Waals surface area contributed by atoms with Crippen molar-refractivity contribution in [3.63, 3.8) is 0 Å². The maximum Gasteiger partial charge on any atom is 0.416 e. The van der Waals surface area contributed by atoms with Gasteiger partial charge in [-0.3, -0.25) is 0 Å². The zero-order chi connectivity index (χ0) is 13.6. The zero-order valence-electron chi connectivity index (χ0n) is 9.36. The van der Waals surface area contributed by atoms with Crippen molar-refractivity contribution in [3.05, 3.63) is 35.9 Å². The molecule has 0 fully saturated rings. The molecule has 0 radical (unpaired) electrons. The van der Waals surface area contributed by atoms with Crippen molar-refractivity contribution in [2.45, 2.75) is 6.18 Å². The van der Waals surface area contributed by atoms with Crippen molar-refractivity contribution in [2.75, 3.05) is 5.73 Å². The number of benzene rings is 1. The van der Waals surface area contributed by atoms with Gasteiger partial charge in [0.05, 0.1) is 5.56 Å². The second kappa shape index (κ2) is 3.78. The molecule has 0 aliphatic heterocycles. The number of hydrogen-bond donors (Lipinski definition) is 1. The number of rotatable bonds is 1. The van der Waals surface area contributed by atoms with E-state index in [1.807, 2.05) is 0 Å². The summed E-state index contributed by atoms with van der Waals surface area (Å²) in [5.74, 6) is 0.715. The maximum absolute atomic E-state index is 12.6. The average molecular weight is 268 g/mol. The molecule has 98 valence electrons. The van der Waals surface area contributed by atoms with E-state index < -0.39 is 11.7 Å². The first kappa shape index (κ1) is 11.6. The van der Waals surface area contributed by atoms with E-state index in [2.05, 4.69) is 5.16 Å². The lowest BCUT2D eigenvalue weighted by atomic mass is 10.1. The lowest BCUT2D eigenvalue weighted by Gasteiger charge is -2.04. The molecule has 2 N–H and O–H groups in total. The molecule has 0 unspecified atom stereocenters. The zero-order valence-corrected chi connectivity index (χ0v) is 9.36. The highest BCUT2D eigenvalue weighted by Gasteiger charge is 2.30. The van der Waals surface area contributed by atoms with Gasteiger partial charge in [-0.05, 0) is 24.3 Å². The molecule has 19 heavy (non-hydrogen) atoms. The van der Waals surface area contributed by atoms with Crippen LogP contribution in [0.3, 0.4) is 0 Å². The smallest absolute Gasteiger partial charge is 0.416 e. The van der Waals surface area contributed by atoms with Crippen molar-refractivity contribution >= 4 is 16.8 Å². The van der Waals surface area contributed by atoms with Crippen LogP contribution in [0.25, 0.3) is 22.5 Å². The van der Waals surface area contributed by atoms with Crippen molar-refractivity contribution in [1.29, 1.82) is 0 Å². The van der Waals surface area contributed by atoms with Gasteiger partial charge in [0.1, 0.15) is 5.58 Å². The number of alkyl halides is 3. The molecule has 0 saturated carbocycles. The second-order valence-corrected chi connectivity index (χ2v) is 3.98. The number of aromatic nitrogens is 1. The van der Waals surface area contributed by atoms with E-state index in [1.165, 1.54) is 18.2 Å². The van der Waals surface area contributed by atoms with Crippen molar-refractivity contribution in [3.8, 4) is 11.5 Å². The standard InChI is InChI=1S/C12H7F3N2O2/c13-12(14,15)7-1-2-8-6(3-7)4-9(18-8)10-5-11(16)17-19-10/h1-5H,(H2,16,17). The fourth-order valence-corrected chi connectivity index (χ4v) is 1.75. The van der Waals surface area contributed by atoms with Gasteiger partial charge in [0.2, 0.25) is 5.76 Å². The molecule has 1 aromatic carbocycles. The SMILES string of the molecule is Nc1cc(-c2cc3cc(C(F)(F)F)ccc3o2)on1. The van der Waals surface area contributed by atoms with Gasteiger partial charge >= 0.3 is 6.18 Å². The summed E-state index contributed by atoms with van der Waals surface area (Å²) in [7, 11) is 0. The molecule has 0 atom stereocenters. The third-order valence-corrected chi connectivity index (χ3v) is 2.61. The first-order chi connectivity index (χ1) is 8.93. The minimum Gasteiger partial charge on any atom is -0.453 e. The number of nitrogens with two attached hydrogens (primary N) is 1. The molecular formula is C12H7F3N2O2. The summed E-state index contributed by atoms with van der Waals surface area (Å²) < 4.78 is 48.0. The second-order valence-electron chi connectivity index (χ2n) is 3.98. The molecule has 4 nitrogen and oxygen atoms in total. The summed E-state index contributed by atoms with van der Waals surface area (Å²) in [6, 6.07) is 6.13. The Labute approximate surface area is 104 Å². The molecule has 3 aromatic rings. The quantitative estimate of drug-likeness (QED) is 0.731. The normalized spacial score (nSPS) is 12.2. The van der Waals surface area contributed by atoms with E-state index in [0.29, 0.717) is 11.0 Å². The van der Waals surface area contributed by atoms with E-state index >= 15 is 0 Å². The topological polar surface area (TPSA) is 65.2 Å². The summed E-state index contributed by atoms with van der Waals surface area (Å²) in [6.45, 7) is 0. The number of halogens is 3. The third kappa shape index (κ3) is 2.03. The first-order valence-electron chi connectivity index (χ1n) is 5.27. The lowest BCUT2D eigenvalue weighted by Crippen LogP contribution is -2.03. The average Bonchev–Trinajstić information content (AvgIpc) is 2.92. The van der Waals surface area contributed by atoms with Gasteiger partial charge in [-0.1, -0.05) is 5.16 Å². The number of nitrogens with zero attached hydrogens (tertiary/aromatic N) is 1. The number of hydrogen-bond acceptors (Lipinski definition) is 4. The fourth-order valence-electron chi connectivity index (χ4n) is 1.75. The van der Waals surface area contributed by atoms with E-state index in [0.717, 1.165) is 12.1 Å². The molecular weight excluding hydrogens is 261 g/mol. The predicted molar refractivity (Wildman–Crippen MR) is 61.1 cm³/mol. The number of furan rings is 1. The first-order valence-corrected chi connectivity index (χ1v) is 5.27. The van der Waals surface area contributed by atoms with Gasteiger partial charge in [-0.2, -0.15) is 13.2 Å². The molecule has 2 aromatic heterocycles. The summed E-state index contributed by atoms with van der Waals surface area (Å²) in [5, 5.41) is 3.82. The summed E-state index contributed by atoms with van der Waals surface area (Å²) >= 11 is 0. The predicted octanol–water partition coefficient (Wildman–Crippen LogP) is 3.69. The molecule has 3 rings (SSSR count). The summed E-state index contributed by atoms with van der Waals surface area (Å²) in [4.78, 5) is 0. The van der Waals surface area contributed by atoms with E-state index in [4.69, 9.17) is 14.7 Å². The van der Waals surface area contributed by atoms with Crippen LogP contribution in [0.4, 0.5) is 19.0 Å². The van der Waals surface area contributed by atoms with Crippen LogP contribution in [-0.4, -0.2) is 5.16 Å². The Hall–Kier alpha value is -2.44. The van der Waals surface area contributed by atoms with Crippen molar-refractivity contribution < 1.29 is 22.1 Å². The van der Waals surface area contributed by atoms with E-state index in [-0.39, 0.29) is 17.3 Å². The lowest BCUT2D eigenvalue weighted by molar-refractivity contribution is -0.137. The van der Waals surface area contributed by atoms with Crippen LogP contribution in [-0.2, 0) is 6.18 Å². The Morgan fingerprint density at radius 3 is 2.47 bits per heavy atom. The van der Waals surface area contributed by atoms with Crippen molar-refractivity contribution in [1.82, 2.24) is 5.16 Å². The van der Waals surface area contributed by atoms with Crippen LogP contribution in [0.1, 0.15) is 5.56 Å². The fraction of sp³-hybridized carbons (Fsp3) is 0.0833. The highest BCUT2D eigenvalue weighted by Crippen LogP contribution is 2.34. The molecule has 0 aliphatic rings. The minimum absolute atomic E-state index is 0.173. The van der Waals surface area contributed by atoms with Crippen LogP contribution < -0.4 is 5.73 Å². The van der Waals surface area contributed by atoms with E-state index in [9.17, 15) is 13.2 Å². The van der Waals surface area contributed by atoms with Gasteiger partial charge in [0.15, 0.2) is 11.6 Å². The highest BCUT2D eigenvalue weighted by atomic mass is 19.4. The molecule has 0 amide bonds. The summed E-state index contributed by atoms with van der Waals surface area (Å²) in [5.41, 5.74) is 5.00. The Kier molecular flexibility index (Phi) is 2.31. The van der Waals surface area contributed by atoms with Gasteiger partial charge < -0.3 is 14.7 Å². The van der Waals surface area contributed by atoms with Crippen LogP contribution in [0, 0.1) is 0 Å². The number of nitrogen functional groups attached to an aromatic ring is 1. The van der Waals surface area contributed by atoms with Crippen LogP contribution >= 0.6 is 0 Å². The van der Waals surface area contributed by atoms with Crippen LogP contribution in [0.5, 0.6) is 0 Å². The Balaban J connectivity index is 2.11.